The molecule has 0 radical (unpaired) electrons. The van der Waals surface area contributed by atoms with Gasteiger partial charge in [-0.2, -0.15) is 0 Å². The van der Waals surface area contributed by atoms with E-state index in [4.69, 9.17) is 9.47 Å². The highest BCUT2D eigenvalue weighted by molar-refractivity contribution is 6.87. The number of fused-ring (bicyclic) bond motifs is 1. The van der Waals surface area contributed by atoms with E-state index < -0.39 is 8.07 Å². The van der Waals surface area contributed by atoms with Gasteiger partial charge in [0.25, 0.3) is 0 Å². The molecule has 140 valence electrons. The summed E-state index contributed by atoms with van der Waals surface area (Å²) in [6.07, 6.45) is 0. The molecular weight excluding hydrogens is 342 g/mol. The van der Waals surface area contributed by atoms with E-state index in [0.717, 1.165) is 16.5 Å². The summed E-state index contributed by atoms with van der Waals surface area (Å²) in [5.74, 6) is 3.21. The molecule has 0 saturated heterocycles. The Kier molecular flexibility index (Phi) is 5.87. The molecule has 0 spiro atoms. The van der Waals surface area contributed by atoms with Gasteiger partial charge in [-0.25, -0.2) is 4.79 Å². The maximum atomic E-state index is 12.4. The van der Waals surface area contributed by atoms with Crippen molar-refractivity contribution < 1.29 is 14.3 Å². The highest BCUT2D eigenvalue weighted by Crippen LogP contribution is 2.35. The summed E-state index contributed by atoms with van der Waals surface area (Å²) in [4.78, 5) is 15.6. The standard InChI is InChI=1S/C21H29NO3Si/c1-8-24-20(23)17-16-12-9-11-15(2)18(16)22-19(17)25-13-10-14-26(6,7)21(3,4)5/h9,11-12,22H,8,13H2,1-7H3. The highest BCUT2D eigenvalue weighted by Gasteiger charge is 2.33. The van der Waals surface area contributed by atoms with E-state index in [-0.39, 0.29) is 17.6 Å². The van der Waals surface area contributed by atoms with Crippen LogP contribution in [0.5, 0.6) is 5.88 Å². The first-order valence-electron chi connectivity index (χ1n) is 8.99. The summed E-state index contributed by atoms with van der Waals surface area (Å²) >= 11 is 0. The summed E-state index contributed by atoms with van der Waals surface area (Å²) < 4.78 is 11.1. The number of benzene rings is 1. The Morgan fingerprint density at radius 1 is 1.27 bits per heavy atom. The molecule has 0 atom stereocenters. The van der Waals surface area contributed by atoms with E-state index in [0.29, 0.717) is 18.1 Å². The number of aromatic nitrogens is 1. The van der Waals surface area contributed by atoms with Gasteiger partial charge in [0.1, 0.15) is 20.2 Å². The number of rotatable bonds is 4. The van der Waals surface area contributed by atoms with E-state index in [1.54, 1.807) is 6.92 Å². The number of para-hydroxylation sites is 1. The van der Waals surface area contributed by atoms with Crippen LogP contribution in [0.25, 0.3) is 10.9 Å². The van der Waals surface area contributed by atoms with Gasteiger partial charge in [-0.15, -0.1) is 5.54 Å². The van der Waals surface area contributed by atoms with Gasteiger partial charge in [0, 0.05) is 5.39 Å². The van der Waals surface area contributed by atoms with E-state index in [1.165, 1.54) is 0 Å². The largest absolute Gasteiger partial charge is 0.465 e. The molecule has 2 aromatic rings. The molecule has 1 aromatic heterocycles. The van der Waals surface area contributed by atoms with E-state index in [1.807, 2.05) is 25.1 Å². The Morgan fingerprint density at radius 3 is 2.58 bits per heavy atom. The molecule has 5 heteroatoms. The summed E-state index contributed by atoms with van der Waals surface area (Å²) in [5, 5.41) is 1.02. The number of hydrogen-bond donors (Lipinski definition) is 1. The van der Waals surface area contributed by atoms with Crippen LogP contribution in [0, 0.1) is 18.4 Å². The first-order chi connectivity index (χ1) is 12.1. The molecule has 0 saturated carbocycles. The lowest BCUT2D eigenvalue weighted by molar-refractivity contribution is 0.0524. The second-order valence-electron chi connectivity index (χ2n) is 8.01. The van der Waals surface area contributed by atoms with Gasteiger partial charge >= 0.3 is 5.97 Å². The summed E-state index contributed by atoms with van der Waals surface area (Å²) in [7, 11) is -1.67. The number of aryl methyl sites for hydroxylation is 1. The number of ether oxygens (including phenoxy) is 2. The van der Waals surface area contributed by atoms with Gasteiger partial charge in [-0.1, -0.05) is 58.0 Å². The number of carbonyl (C=O) groups is 1. The third-order valence-corrected chi connectivity index (χ3v) is 9.60. The predicted molar refractivity (Wildman–Crippen MR) is 109 cm³/mol. The van der Waals surface area contributed by atoms with Gasteiger partial charge in [-0.3, -0.25) is 0 Å². The van der Waals surface area contributed by atoms with Crippen molar-refractivity contribution in [1.29, 1.82) is 0 Å². The summed E-state index contributed by atoms with van der Waals surface area (Å²) in [5.41, 5.74) is 5.81. The van der Waals surface area contributed by atoms with Crippen molar-refractivity contribution in [1.82, 2.24) is 4.98 Å². The average Bonchev–Trinajstić information content (AvgIpc) is 2.90. The minimum Gasteiger partial charge on any atom is -0.465 e. The van der Waals surface area contributed by atoms with Crippen LogP contribution < -0.4 is 4.74 Å². The van der Waals surface area contributed by atoms with Crippen molar-refractivity contribution in [2.75, 3.05) is 13.2 Å². The molecule has 1 N–H and O–H groups in total. The van der Waals surface area contributed by atoms with Crippen molar-refractivity contribution in [3.8, 4) is 17.3 Å². The molecular formula is C21H29NO3Si. The second-order valence-corrected chi connectivity index (χ2v) is 13.0. The van der Waals surface area contributed by atoms with E-state index >= 15 is 0 Å². The van der Waals surface area contributed by atoms with Crippen molar-refractivity contribution in [3.05, 3.63) is 29.3 Å². The Bertz CT molecular complexity index is 863. The molecule has 0 fully saturated rings. The number of esters is 1. The zero-order chi connectivity index (χ0) is 19.5. The number of aromatic amines is 1. The van der Waals surface area contributed by atoms with Crippen molar-refractivity contribution in [2.45, 2.75) is 52.8 Å². The number of carbonyl (C=O) groups excluding carboxylic acids is 1. The second kappa shape index (κ2) is 7.59. The first kappa shape index (κ1) is 20.1. The van der Waals surface area contributed by atoms with Crippen LogP contribution in [0.3, 0.4) is 0 Å². The summed E-state index contributed by atoms with van der Waals surface area (Å²) in [6, 6.07) is 5.82. The molecule has 26 heavy (non-hydrogen) atoms. The third-order valence-electron chi connectivity index (χ3n) is 5.05. The van der Waals surface area contributed by atoms with E-state index in [9.17, 15) is 4.79 Å². The van der Waals surface area contributed by atoms with Crippen LogP contribution in [0.4, 0.5) is 0 Å². The molecule has 2 rings (SSSR count). The maximum Gasteiger partial charge on any atom is 0.344 e. The average molecular weight is 372 g/mol. The Morgan fingerprint density at radius 2 is 1.96 bits per heavy atom. The normalized spacial score (nSPS) is 11.8. The Balaban J connectivity index is 2.31. The molecule has 4 nitrogen and oxygen atoms in total. The Labute approximate surface area is 157 Å². The minimum absolute atomic E-state index is 0.203. The highest BCUT2D eigenvalue weighted by atomic mass is 28.3. The molecule has 0 unspecified atom stereocenters. The smallest absolute Gasteiger partial charge is 0.344 e. The van der Waals surface area contributed by atoms with E-state index in [2.05, 4.69) is 50.3 Å². The van der Waals surface area contributed by atoms with Crippen LogP contribution in [0.1, 0.15) is 43.6 Å². The molecule has 0 bridgehead atoms. The Hall–Kier alpha value is -2.19. The van der Waals surface area contributed by atoms with Crippen LogP contribution in [0.2, 0.25) is 18.1 Å². The van der Waals surface area contributed by atoms with Gasteiger partial charge < -0.3 is 14.5 Å². The lowest BCUT2D eigenvalue weighted by Crippen LogP contribution is -2.35. The van der Waals surface area contributed by atoms with Crippen LogP contribution >= 0.6 is 0 Å². The topological polar surface area (TPSA) is 51.3 Å². The van der Waals surface area contributed by atoms with Crippen molar-refractivity contribution >= 4 is 24.9 Å². The first-order valence-corrected chi connectivity index (χ1v) is 12.0. The lowest BCUT2D eigenvalue weighted by Gasteiger charge is -2.31. The van der Waals surface area contributed by atoms with Gasteiger partial charge in [0.05, 0.1) is 12.1 Å². The fraction of sp³-hybridized carbons (Fsp3) is 0.476. The SMILES string of the molecule is CCOC(=O)c1c(OCC#C[Si](C)(C)C(C)(C)C)[nH]c2c(C)cccc12. The molecule has 0 aliphatic rings. The summed E-state index contributed by atoms with van der Waals surface area (Å²) in [6.45, 7) is 15.6. The van der Waals surface area contributed by atoms with Gasteiger partial charge in [0.15, 0.2) is 0 Å². The number of hydrogen-bond acceptors (Lipinski definition) is 3. The molecule has 0 aliphatic heterocycles. The van der Waals surface area contributed by atoms with Gasteiger partial charge in [-0.05, 0) is 24.4 Å². The fourth-order valence-electron chi connectivity index (χ4n) is 2.41. The van der Waals surface area contributed by atoms with Crippen molar-refractivity contribution in [3.63, 3.8) is 0 Å². The van der Waals surface area contributed by atoms with Crippen LogP contribution in [-0.2, 0) is 4.74 Å². The molecule has 1 heterocycles. The van der Waals surface area contributed by atoms with Gasteiger partial charge in [0.2, 0.25) is 5.88 Å². The van der Waals surface area contributed by atoms with Crippen LogP contribution in [0.15, 0.2) is 18.2 Å². The molecule has 0 aliphatic carbocycles. The molecule has 1 aromatic carbocycles. The minimum atomic E-state index is -1.67. The molecule has 0 amide bonds. The fourth-order valence-corrected chi connectivity index (χ4v) is 3.30. The predicted octanol–water partition coefficient (Wildman–Crippen LogP) is 5.08. The monoisotopic (exact) mass is 371 g/mol. The number of H-pyrrole nitrogens is 1. The lowest BCUT2D eigenvalue weighted by atomic mass is 10.1. The van der Waals surface area contributed by atoms with Crippen LogP contribution in [-0.4, -0.2) is 32.2 Å². The third kappa shape index (κ3) is 4.13. The quantitative estimate of drug-likeness (QED) is 0.463. The number of nitrogens with one attached hydrogen (secondary N) is 1. The zero-order valence-electron chi connectivity index (χ0n) is 16.9. The van der Waals surface area contributed by atoms with Crippen molar-refractivity contribution in [2.24, 2.45) is 0 Å². The zero-order valence-corrected chi connectivity index (χ0v) is 17.9. The maximum absolute atomic E-state index is 12.4.